The number of aliphatic imine (C=N–C) groups is 1. The number of hydrogen-bond acceptors (Lipinski definition) is 20. The first-order valence-electron chi connectivity index (χ1n) is 31.9. The molecule has 1 fully saturated rings. The molecule has 12 amide bonds. The number of aromatic nitrogens is 2. The molecule has 0 spiro atoms. The van der Waals surface area contributed by atoms with E-state index in [1.807, 2.05) is 0 Å². The SMILES string of the molecule is CC[C@H](C)[C@@H]1NC(=O)C(CCCCN)NC(=O)[C@H](Cc2ccccc2)NC(=O)CNC(=O)[C@H](Cc2ccc(O)cc2)NC(=O)C(CC(C)C)NC(=O)[C@H](CCCN=C(N)N)NC(=O)[C@@H](NC(=O)CN)CSSCC(C(=O)NCC(=O)O)NC(=O)CNC(=O)C(Cc2cnc[nH]2)NC1=O. The van der Waals surface area contributed by atoms with E-state index in [9.17, 15) is 72.5 Å². The lowest BCUT2D eigenvalue weighted by molar-refractivity contribution is -0.138. The second-order valence-corrected chi connectivity index (χ2v) is 26.1. The van der Waals surface area contributed by atoms with Crippen LogP contribution in [0.3, 0.4) is 0 Å². The number of carbonyl (C=O) groups is 13. The molecule has 538 valence electrons. The molecule has 0 radical (unpaired) electrons. The first-order chi connectivity index (χ1) is 46.7. The Morgan fingerprint density at radius 3 is 1.77 bits per heavy atom. The van der Waals surface area contributed by atoms with E-state index in [2.05, 4.69) is 78.8 Å². The zero-order valence-electron chi connectivity index (χ0n) is 55.2. The zero-order valence-corrected chi connectivity index (χ0v) is 56.8. The summed E-state index contributed by atoms with van der Waals surface area (Å²) >= 11 is 0. The van der Waals surface area contributed by atoms with E-state index < -0.39 is 163 Å². The quantitative estimate of drug-likeness (QED) is 0.0184. The van der Waals surface area contributed by atoms with Gasteiger partial charge in [0.1, 0.15) is 66.7 Å². The van der Waals surface area contributed by atoms with E-state index in [0.717, 1.165) is 21.6 Å². The van der Waals surface area contributed by atoms with E-state index >= 15 is 0 Å². The van der Waals surface area contributed by atoms with Crippen LogP contribution in [0.5, 0.6) is 5.75 Å². The molecule has 98 heavy (non-hydrogen) atoms. The van der Waals surface area contributed by atoms with Crippen LogP contribution in [0.1, 0.15) is 89.5 Å². The van der Waals surface area contributed by atoms with Gasteiger partial charge in [0.15, 0.2) is 5.96 Å². The second-order valence-electron chi connectivity index (χ2n) is 23.6. The first kappa shape index (κ1) is 80.9. The molecule has 1 aliphatic rings. The molecule has 4 rings (SSSR count). The Bertz CT molecular complexity index is 3180. The highest BCUT2D eigenvalue weighted by Crippen LogP contribution is 2.24. The van der Waals surface area contributed by atoms with Gasteiger partial charge in [-0.1, -0.05) is 98.2 Å². The van der Waals surface area contributed by atoms with Crippen molar-refractivity contribution in [3.63, 3.8) is 0 Å². The number of aromatic amines is 1. The van der Waals surface area contributed by atoms with E-state index in [0.29, 0.717) is 36.1 Å². The number of rotatable bonds is 23. The molecular formula is C62H93N19O15S2. The summed E-state index contributed by atoms with van der Waals surface area (Å²) in [6.45, 7) is 4.12. The number of nitrogens with one attached hydrogen (secondary N) is 13. The Labute approximate surface area is 574 Å². The van der Waals surface area contributed by atoms with Crippen LogP contribution in [0.25, 0.3) is 0 Å². The molecule has 1 saturated heterocycles. The van der Waals surface area contributed by atoms with Crippen LogP contribution in [0.2, 0.25) is 0 Å². The fourth-order valence-electron chi connectivity index (χ4n) is 9.71. The summed E-state index contributed by atoms with van der Waals surface area (Å²) in [7, 11) is 1.80. The third-order valence-electron chi connectivity index (χ3n) is 15.1. The zero-order chi connectivity index (χ0) is 72.3. The van der Waals surface area contributed by atoms with E-state index in [-0.39, 0.29) is 87.2 Å². The van der Waals surface area contributed by atoms with Gasteiger partial charge in [-0.05, 0) is 80.2 Å². The third-order valence-corrected chi connectivity index (χ3v) is 17.6. The van der Waals surface area contributed by atoms with Gasteiger partial charge < -0.3 is 102 Å². The lowest BCUT2D eigenvalue weighted by Crippen LogP contribution is -2.60. The number of amides is 12. The standard InChI is InChI=1S/C62H93N19O15S2/c1-5-35(4)52-61(96)80-45(25-38-27-67-33-72-38)54(89)70-29-50(85)75-46(55(90)71-30-51(86)87)31-97-98-32-47(74-48(83)26-64)60(95)77-41(15-11-21-68-62(65)66)56(91)78-42(22-34(2)3)58(93)79-43(24-37-16-18-39(82)19-17-37)53(88)69-28-49(84)73-44(23-36-12-7-6-8-13-36)59(94)76-40(57(92)81-52)14-9-10-20-63/h6-8,12-13,16-19,27,33-35,40-47,52,82H,5,9-11,14-15,20-26,28-32,63-64H2,1-4H3,(H,67,72)(H,69,88)(H,70,89)(H,71,90)(H,73,84)(H,74,83)(H,75,85)(H,76,94)(H,77,95)(H,78,91)(H,79,93)(H,80,96)(H,81,92)(H,86,87)(H4,65,66,68)/t35-,40?,41-,42?,43-,44-,45?,46?,47-,52-/m0/s1. The summed E-state index contributed by atoms with van der Waals surface area (Å²) in [5.41, 5.74) is 24.0. The average Bonchev–Trinajstić information content (AvgIpc) is 1.26. The summed E-state index contributed by atoms with van der Waals surface area (Å²) in [6, 6.07) is 1.39. The van der Waals surface area contributed by atoms with Crippen molar-refractivity contribution >= 4 is 104 Å². The van der Waals surface area contributed by atoms with Crippen molar-refractivity contribution in [3.05, 3.63) is 83.9 Å². The van der Waals surface area contributed by atoms with Crippen molar-refractivity contribution in [2.24, 2.45) is 39.8 Å². The number of unbranched alkanes of at least 4 members (excludes halogenated alkanes) is 1. The summed E-state index contributed by atoms with van der Waals surface area (Å²) in [4.78, 5) is 192. The number of imidazole rings is 1. The van der Waals surface area contributed by atoms with Crippen LogP contribution < -0.4 is 86.7 Å². The maximum Gasteiger partial charge on any atom is 0.322 e. The maximum atomic E-state index is 14.6. The molecule has 2 aromatic carbocycles. The van der Waals surface area contributed by atoms with Gasteiger partial charge in [0.25, 0.3) is 0 Å². The summed E-state index contributed by atoms with van der Waals surface area (Å²) in [6.07, 6.45) is 3.08. The van der Waals surface area contributed by atoms with Gasteiger partial charge in [-0.25, -0.2) is 4.98 Å². The minimum absolute atomic E-state index is 0.00122. The maximum absolute atomic E-state index is 14.6. The molecule has 3 aromatic rings. The molecule has 0 aliphatic carbocycles. The van der Waals surface area contributed by atoms with Crippen molar-refractivity contribution in [2.45, 2.75) is 146 Å². The van der Waals surface area contributed by atoms with Crippen molar-refractivity contribution in [1.29, 1.82) is 0 Å². The van der Waals surface area contributed by atoms with Crippen LogP contribution in [-0.4, -0.2) is 208 Å². The fourth-order valence-corrected chi connectivity index (χ4v) is 12.0. The molecule has 34 nitrogen and oxygen atoms in total. The van der Waals surface area contributed by atoms with Gasteiger partial charge in [0, 0.05) is 49.2 Å². The normalized spacial score (nSPS) is 22.5. The molecule has 2 heterocycles. The predicted octanol–water partition coefficient (Wildman–Crippen LogP) is -4.43. The number of carboxylic acid groups (broad SMARTS) is 1. The Morgan fingerprint density at radius 1 is 0.633 bits per heavy atom. The lowest BCUT2D eigenvalue weighted by atomic mass is 9.96. The van der Waals surface area contributed by atoms with Crippen LogP contribution in [0, 0.1) is 11.8 Å². The van der Waals surface area contributed by atoms with E-state index in [4.69, 9.17) is 22.9 Å². The minimum atomic E-state index is -1.50. The van der Waals surface area contributed by atoms with Gasteiger partial charge >= 0.3 is 5.97 Å². The van der Waals surface area contributed by atoms with Crippen LogP contribution in [0.15, 0.2) is 72.1 Å². The summed E-state index contributed by atoms with van der Waals surface area (Å²) in [5.74, 6) is -13.9. The number of carboxylic acids is 1. The predicted molar refractivity (Wildman–Crippen MR) is 364 cm³/mol. The molecular weight excluding hydrogens is 1310 g/mol. The highest BCUT2D eigenvalue weighted by molar-refractivity contribution is 8.76. The Morgan fingerprint density at radius 2 is 1.17 bits per heavy atom. The number of nitrogens with two attached hydrogens (primary N) is 4. The average molecular weight is 1410 g/mol. The first-order valence-corrected chi connectivity index (χ1v) is 34.4. The van der Waals surface area contributed by atoms with Crippen LogP contribution in [0.4, 0.5) is 0 Å². The van der Waals surface area contributed by atoms with Crippen LogP contribution in [-0.2, 0) is 81.6 Å². The molecule has 1 aromatic heterocycles. The van der Waals surface area contributed by atoms with Gasteiger partial charge in [-0.15, -0.1) is 0 Å². The molecule has 36 heteroatoms. The molecule has 23 N–H and O–H groups in total. The number of hydrogen-bond donors (Lipinski definition) is 19. The summed E-state index contributed by atoms with van der Waals surface area (Å²) < 4.78 is 0. The number of nitrogens with zero attached hydrogens (tertiary/aromatic N) is 2. The minimum Gasteiger partial charge on any atom is -0.508 e. The fraction of sp³-hybridized carbons (Fsp3) is 0.532. The second kappa shape index (κ2) is 42.9. The highest BCUT2D eigenvalue weighted by Gasteiger charge is 2.36. The van der Waals surface area contributed by atoms with E-state index in [1.165, 1.54) is 36.8 Å². The summed E-state index contributed by atoms with van der Waals surface area (Å²) in [5, 5.41) is 50.4. The van der Waals surface area contributed by atoms with Gasteiger partial charge in [-0.3, -0.25) is 67.3 Å². The van der Waals surface area contributed by atoms with Crippen LogP contribution >= 0.6 is 21.6 Å². The van der Waals surface area contributed by atoms with Crippen molar-refractivity contribution in [2.75, 3.05) is 50.8 Å². The largest absolute Gasteiger partial charge is 0.508 e. The number of carbonyl (C=O) groups excluding carboxylic acids is 12. The third kappa shape index (κ3) is 29.8. The van der Waals surface area contributed by atoms with Crippen molar-refractivity contribution < 1.29 is 72.5 Å². The number of guanidine groups is 1. The molecule has 4 unspecified atom stereocenters. The Kier molecular flexibility index (Phi) is 35.4. The molecule has 10 atom stereocenters. The number of phenols is 1. The molecule has 0 saturated carbocycles. The highest BCUT2D eigenvalue weighted by atomic mass is 33.1. The van der Waals surface area contributed by atoms with Gasteiger partial charge in [-0.2, -0.15) is 0 Å². The monoisotopic (exact) mass is 1410 g/mol. The number of phenolic OH excluding ortho intramolecular Hbond substituents is 1. The number of H-pyrrole nitrogens is 1. The van der Waals surface area contributed by atoms with Gasteiger partial charge in [0.2, 0.25) is 70.9 Å². The molecule has 0 bridgehead atoms. The topological polar surface area (TPSA) is 552 Å². The lowest BCUT2D eigenvalue weighted by Gasteiger charge is -2.29. The van der Waals surface area contributed by atoms with Gasteiger partial charge in [0.05, 0.1) is 26.0 Å². The number of benzene rings is 2. The Hall–Kier alpha value is -9.55. The number of aliphatic carboxylic acids is 1. The van der Waals surface area contributed by atoms with Crippen molar-refractivity contribution in [1.82, 2.24) is 73.8 Å². The number of aromatic hydroxyl groups is 1. The van der Waals surface area contributed by atoms with Crippen molar-refractivity contribution in [3.8, 4) is 5.75 Å². The van der Waals surface area contributed by atoms with E-state index in [1.54, 1.807) is 58.0 Å². The molecule has 1 aliphatic heterocycles. The Balaban J connectivity index is 1.83. The smallest absolute Gasteiger partial charge is 0.322 e.